The van der Waals surface area contributed by atoms with Gasteiger partial charge in [-0.3, -0.25) is 0 Å². The van der Waals surface area contributed by atoms with Crippen LogP contribution >= 0.6 is 11.3 Å². The van der Waals surface area contributed by atoms with E-state index in [1.165, 1.54) is 64.1 Å². The summed E-state index contributed by atoms with van der Waals surface area (Å²) in [6.07, 6.45) is 0. The van der Waals surface area contributed by atoms with Gasteiger partial charge in [0, 0.05) is 58.8 Å². The number of hydrogen-bond acceptors (Lipinski definition) is 3. The molecular weight excluding hydrogens is 773 g/mol. The van der Waals surface area contributed by atoms with Gasteiger partial charge in [-0.05, 0) is 113 Å². The van der Waals surface area contributed by atoms with Crippen molar-refractivity contribution in [3.8, 4) is 27.9 Å². The molecule has 62 heavy (non-hydrogen) atoms. The predicted molar refractivity (Wildman–Crippen MR) is 264 cm³/mol. The van der Waals surface area contributed by atoms with Crippen LogP contribution < -0.4 is 4.90 Å². The lowest BCUT2D eigenvalue weighted by atomic mass is 10.00. The van der Waals surface area contributed by atoms with E-state index in [1.807, 2.05) is 11.3 Å². The second kappa shape index (κ2) is 13.8. The molecule has 10 aromatic carbocycles. The van der Waals surface area contributed by atoms with E-state index < -0.39 is 0 Å². The molecule has 13 aromatic rings. The average Bonchev–Trinajstić information content (AvgIpc) is 4.02. The Balaban J connectivity index is 0.978. The van der Waals surface area contributed by atoms with E-state index in [0.717, 1.165) is 55.6 Å². The van der Waals surface area contributed by atoms with Crippen molar-refractivity contribution < 1.29 is 4.42 Å². The Morgan fingerprint density at radius 1 is 0.387 bits per heavy atom. The van der Waals surface area contributed by atoms with Gasteiger partial charge in [0.15, 0.2) is 0 Å². The van der Waals surface area contributed by atoms with Crippen LogP contribution in [0.4, 0.5) is 17.1 Å². The van der Waals surface area contributed by atoms with Crippen LogP contribution in [0.25, 0.3) is 103 Å². The molecule has 0 aliphatic rings. The largest absolute Gasteiger partial charge is 0.455 e. The van der Waals surface area contributed by atoms with E-state index in [2.05, 4.69) is 228 Å². The minimum atomic E-state index is 0.864. The van der Waals surface area contributed by atoms with E-state index in [0.29, 0.717) is 0 Å². The zero-order chi connectivity index (χ0) is 40.7. The summed E-state index contributed by atoms with van der Waals surface area (Å²) in [6.45, 7) is 0. The minimum Gasteiger partial charge on any atom is -0.455 e. The van der Waals surface area contributed by atoms with Crippen molar-refractivity contribution in [1.82, 2.24) is 4.57 Å². The fourth-order valence-corrected chi connectivity index (χ4v) is 10.8. The maximum absolute atomic E-state index is 6.74. The molecule has 13 rings (SSSR count). The number of hydrogen-bond donors (Lipinski definition) is 0. The van der Waals surface area contributed by atoms with Gasteiger partial charge in [-0.2, -0.15) is 0 Å². The molecule has 0 aliphatic carbocycles. The number of rotatable bonds is 6. The summed E-state index contributed by atoms with van der Waals surface area (Å²) >= 11 is 1.86. The highest BCUT2D eigenvalue weighted by Crippen LogP contribution is 2.46. The first-order valence-corrected chi connectivity index (χ1v) is 21.9. The molecule has 3 nitrogen and oxygen atoms in total. The Labute approximate surface area is 361 Å². The monoisotopic (exact) mass is 808 g/mol. The molecule has 0 aliphatic heterocycles. The number of para-hydroxylation sites is 2. The zero-order valence-corrected chi connectivity index (χ0v) is 34.3. The van der Waals surface area contributed by atoms with Gasteiger partial charge in [0.05, 0.1) is 22.1 Å². The minimum absolute atomic E-state index is 0.864. The third-order valence-corrected chi connectivity index (χ3v) is 13.7. The van der Waals surface area contributed by atoms with E-state index in [9.17, 15) is 0 Å². The van der Waals surface area contributed by atoms with Gasteiger partial charge in [0.1, 0.15) is 11.2 Å². The van der Waals surface area contributed by atoms with Crippen molar-refractivity contribution in [2.75, 3.05) is 4.90 Å². The molecule has 0 atom stereocenters. The molecule has 0 spiro atoms. The molecule has 0 fully saturated rings. The molecule has 4 heteroatoms. The lowest BCUT2D eigenvalue weighted by Gasteiger charge is -2.27. The molecular formula is C58H36N2OS. The zero-order valence-electron chi connectivity index (χ0n) is 33.5. The summed E-state index contributed by atoms with van der Waals surface area (Å²) in [6, 6.07) is 79.2. The van der Waals surface area contributed by atoms with Crippen LogP contribution in [0.2, 0.25) is 0 Å². The highest BCUT2D eigenvalue weighted by molar-refractivity contribution is 7.25. The molecule has 0 bridgehead atoms. The van der Waals surface area contributed by atoms with Crippen molar-refractivity contribution in [1.29, 1.82) is 0 Å². The molecule has 0 saturated carbocycles. The van der Waals surface area contributed by atoms with Crippen molar-refractivity contribution in [3.05, 3.63) is 218 Å². The Morgan fingerprint density at radius 3 is 1.97 bits per heavy atom. The summed E-state index contributed by atoms with van der Waals surface area (Å²) < 4.78 is 11.7. The first-order valence-electron chi connectivity index (χ1n) is 21.1. The van der Waals surface area contributed by atoms with E-state index in [-0.39, 0.29) is 0 Å². The fourth-order valence-electron chi connectivity index (χ4n) is 9.69. The first-order chi connectivity index (χ1) is 30.7. The number of benzene rings is 10. The van der Waals surface area contributed by atoms with E-state index in [1.54, 1.807) is 0 Å². The number of thiophene rings is 1. The lowest BCUT2D eigenvalue weighted by Crippen LogP contribution is -2.10. The standard InChI is InChI=1S/C58H36N2OS/c1-2-14-42(15-3-1)60-51-20-8-6-18-46(51)50-35-40(28-33-52(50)60)39-13-10-16-44(34-39)59(53-21-11-22-54-57(53)49-32-26-38-12-4-5-17-45(38)58(49)61-54)43-29-24-37(25-30-43)41-27-31-48-47-19-7-9-23-55(47)62-56(48)36-41/h1-36H. The number of nitrogens with zero attached hydrogens (tertiary/aromatic N) is 2. The van der Waals surface area contributed by atoms with Gasteiger partial charge < -0.3 is 13.9 Å². The number of anilines is 3. The fraction of sp³-hybridized carbons (Fsp3) is 0. The Morgan fingerprint density at radius 2 is 1.06 bits per heavy atom. The number of furan rings is 1. The Bertz CT molecular complexity index is 3870. The topological polar surface area (TPSA) is 21.3 Å². The van der Waals surface area contributed by atoms with Gasteiger partial charge >= 0.3 is 0 Å². The summed E-state index contributed by atoms with van der Waals surface area (Å²) in [5, 5.41) is 9.57. The SMILES string of the molecule is c1ccc(-n2c3ccccc3c3cc(-c4cccc(N(c5ccc(-c6ccc7c(c6)sc6ccccc67)cc5)c5cccc6oc7c8ccccc8ccc7c56)c4)ccc32)cc1. The first kappa shape index (κ1) is 34.9. The van der Waals surface area contributed by atoms with Gasteiger partial charge in [0.25, 0.3) is 0 Å². The molecule has 290 valence electrons. The average molecular weight is 809 g/mol. The number of fused-ring (bicyclic) bond motifs is 11. The Hall–Kier alpha value is -7.92. The summed E-state index contributed by atoms with van der Waals surface area (Å²) in [4.78, 5) is 2.40. The normalized spacial score (nSPS) is 11.9. The van der Waals surface area contributed by atoms with Crippen molar-refractivity contribution in [2.45, 2.75) is 0 Å². The Kier molecular flexibility index (Phi) is 7.78. The van der Waals surface area contributed by atoms with Crippen molar-refractivity contribution in [2.24, 2.45) is 0 Å². The van der Waals surface area contributed by atoms with Crippen LogP contribution in [0.5, 0.6) is 0 Å². The maximum atomic E-state index is 6.74. The molecule has 0 N–H and O–H groups in total. The van der Waals surface area contributed by atoms with Crippen molar-refractivity contribution >= 4 is 103 Å². The van der Waals surface area contributed by atoms with Gasteiger partial charge in [0.2, 0.25) is 0 Å². The van der Waals surface area contributed by atoms with Gasteiger partial charge in [-0.15, -0.1) is 11.3 Å². The maximum Gasteiger partial charge on any atom is 0.143 e. The number of aromatic nitrogens is 1. The molecule has 0 radical (unpaired) electrons. The second-order valence-electron chi connectivity index (χ2n) is 16.1. The van der Waals surface area contributed by atoms with Gasteiger partial charge in [-0.25, -0.2) is 0 Å². The molecule has 0 saturated heterocycles. The van der Waals surface area contributed by atoms with Crippen molar-refractivity contribution in [3.63, 3.8) is 0 Å². The van der Waals surface area contributed by atoms with Crippen LogP contribution in [0, 0.1) is 0 Å². The van der Waals surface area contributed by atoms with Gasteiger partial charge in [-0.1, -0.05) is 133 Å². The molecule has 3 aromatic heterocycles. The second-order valence-corrected chi connectivity index (χ2v) is 17.2. The van der Waals surface area contributed by atoms with Crippen LogP contribution in [0.1, 0.15) is 0 Å². The summed E-state index contributed by atoms with van der Waals surface area (Å²) in [5.74, 6) is 0. The molecule has 0 amide bonds. The van der Waals surface area contributed by atoms with Crippen LogP contribution in [0.3, 0.4) is 0 Å². The highest BCUT2D eigenvalue weighted by Gasteiger charge is 2.22. The predicted octanol–water partition coefficient (Wildman–Crippen LogP) is 17.0. The van der Waals surface area contributed by atoms with E-state index in [4.69, 9.17) is 4.42 Å². The smallest absolute Gasteiger partial charge is 0.143 e. The third-order valence-electron chi connectivity index (χ3n) is 12.6. The lowest BCUT2D eigenvalue weighted by molar-refractivity contribution is 0.672. The molecule has 0 unspecified atom stereocenters. The summed E-state index contributed by atoms with van der Waals surface area (Å²) in [7, 11) is 0. The quantitative estimate of drug-likeness (QED) is 0.167. The van der Waals surface area contributed by atoms with Crippen LogP contribution in [-0.2, 0) is 0 Å². The summed E-state index contributed by atoms with van der Waals surface area (Å²) in [5.41, 5.74) is 13.2. The van der Waals surface area contributed by atoms with Crippen LogP contribution in [-0.4, -0.2) is 4.57 Å². The van der Waals surface area contributed by atoms with E-state index >= 15 is 0 Å². The highest BCUT2D eigenvalue weighted by atomic mass is 32.1. The third kappa shape index (κ3) is 5.44. The van der Waals surface area contributed by atoms with Crippen LogP contribution in [0.15, 0.2) is 223 Å². The molecule has 3 heterocycles.